The van der Waals surface area contributed by atoms with Crippen molar-refractivity contribution in [1.29, 1.82) is 0 Å². The second kappa shape index (κ2) is 6.29. The number of pyridine rings is 1. The Morgan fingerprint density at radius 1 is 1.59 bits per heavy atom. The van der Waals surface area contributed by atoms with Gasteiger partial charge in [0.15, 0.2) is 0 Å². The molecule has 17 heavy (non-hydrogen) atoms. The van der Waals surface area contributed by atoms with Gasteiger partial charge in [-0.2, -0.15) is 0 Å². The molecule has 0 aliphatic heterocycles. The van der Waals surface area contributed by atoms with Gasteiger partial charge in [0.2, 0.25) is 5.82 Å². The second-order valence-electron chi connectivity index (χ2n) is 3.50. The van der Waals surface area contributed by atoms with Gasteiger partial charge in [-0.3, -0.25) is 14.3 Å². The Balaban J connectivity index is 2.70. The number of rotatable bonds is 6. The first-order valence-corrected chi connectivity index (χ1v) is 6.73. The van der Waals surface area contributed by atoms with Crippen molar-refractivity contribution in [2.24, 2.45) is 0 Å². The van der Waals surface area contributed by atoms with Gasteiger partial charge >= 0.3 is 5.69 Å². The standard InChI is InChI=1S/C10H15N3O3S/c1-3-17(16)5-4-11-10-9(13(14)15)6-8(2)7-12-10/h6-7H,3-5H2,1-2H3,(H,11,12). The Kier molecular flexibility index (Phi) is 5.02. The fourth-order valence-electron chi connectivity index (χ4n) is 1.26. The first kappa shape index (κ1) is 13.6. The zero-order valence-electron chi connectivity index (χ0n) is 9.80. The molecule has 0 saturated heterocycles. The Labute approximate surface area is 102 Å². The van der Waals surface area contributed by atoms with Crippen molar-refractivity contribution in [2.75, 3.05) is 23.4 Å². The molecule has 1 N–H and O–H groups in total. The van der Waals surface area contributed by atoms with Gasteiger partial charge in [0.1, 0.15) is 0 Å². The maximum absolute atomic E-state index is 11.2. The summed E-state index contributed by atoms with van der Waals surface area (Å²) in [7, 11) is -0.882. The summed E-state index contributed by atoms with van der Waals surface area (Å²) in [6, 6.07) is 1.46. The molecule has 1 aromatic rings. The molecule has 94 valence electrons. The summed E-state index contributed by atoms with van der Waals surface area (Å²) in [5.41, 5.74) is 0.687. The predicted octanol–water partition coefficient (Wildman–Crippen LogP) is 1.48. The van der Waals surface area contributed by atoms with E-state index in [4.69, 9.17) is 0 Å². The van der Waals surface area contributed by atoms with Crippen molar-refractivity contribution >= 4 is 22.3 Å². The number of nitrogens with one attached hydrogen (secondary N) is 1. The van der Waals surface area contributed by atoms with Crippen LogP contribution in [0.1, 0.15) is 12.5 Å². The lowest BCUT2D eigenvalue weighted by atomic mass is 10.3. The summed E-state index contributed by atoms with van der Waals surface area (Å²) in [4.78, 5) is 14.3. The van der Waals surface area contributed by atoms with E-state index >= 15 is 0 Å². The lowest BCUT2D eigenvalue weighted by Gasteiger charge is -2.05. The first-order valence-electron chi connectivity index (χ1n) is 5.24. The average Bonchev–Trinajstić information content (AvgIpc) is 2.30. The minimum Gasteiger partial charge on any atom is -0.363 e. The minimum absolute atomic E-state index is 0.0488. The van der Waals surface area contributed by atoms with E-state index in [9.17, 15) is 14.3 Å². The fraction of sp³-hybridized carbons (Fsp3) is 0.500. The summed E-state index contributed by atoms with van der Waals surface area (Å²) < 4.78 is 11.2. The van der Waals surface area contributed by atoms with Crippen LogP contribution in [0.5, 0.6) is 0 Å². The molecule has 1 unspecified atom stereocenters. The molecule has 0 spiro atoms. The summed E-state index contributed by atoms with van der Waals surface area (Å²) in [5.74, 6) is 1.28. The van der Waals surface area contributed by atoms with Gasteiger partial charge in [-0.25, -0.2) is 4.98 Å². The quantitative estimate of drug-likeness (QED) is 0.616. The lowest BCUT2D eigenvalue weighted by Crippen LogP contribution is -2.13. The van der Waals surface area contributed by atoms with Crippen LogP contribution in [-0.4, -0.2) is 32.2 Å². The summed E-state index contributed by atoms with van der Waals surface area (Å²) in [6.45, 7) is 4.00. The van der Waals surface area contributed by atoms with E-state index in [-0.39, 0.29) is 11.5 Å². The number of anilines is 1. The van der Waals surface area contributed by atoms with E-state index < -0.39 is 15.7 Å². The van der Waals surface area contributed by atoms with Crippen molar-refractivity contribution in [3.8, 4) is 0 Å². The number of aromatic nitrogens is 1. The molecule has 1 atom stereocenters. The van der Waals surface area contributed by atoms with Crippen LogP contribution in [0.25, 0.3) is 0 Å². The Morgan fingerprint density at radius 2 is 2.29 bits per heavy atom. The van der Waals surface area contributed by atoms with Crippen LogP contribution in [0.15, 0.2) is 12.3 Å². The Bertz CT molecular complexity index is 437. The van der Waals surface area contributed by atoms with Crippen LogP contribution >= 0.6 is 0 Å². The molecule has 0 aliphatic rings. The summed E-state index contributed by atoms with van der Waals surface area (Å²) in [5, 5.41) is 13.6. The lowest BCUT2D eigenvalue weighted by molar-refractivity contribution is -0.384. The van der Waals surface area contributed by atoms with Crippen LogP contribution in [0.3, 0.4) is 0 Å². The van der Waals surface area contributed by atoms with Gasteiger partial charge < -0.3 is 5.32 Å². The molecule has 1 aromatic heterocycles. The second-order valence-corrected chi connectivity index (χ2v) is 5.36. The molecular weight excluding hydrogens is 242 g/mol. The maximum atomic E-state index is 11.2. The van der Waals surface area contributed by atoms with E-state index in [0.29, 0.717) is 18.1 Å². The van der Waals surface area contributed by atoms with Crippen molar-refractivity contribution < 1.29 is 9.13 Å². The van der Waals surface area contributed by atoms with Crippen molar-refractivity contribution in [3.05, 3.63) is 27.9 Å². The number of nitrogens with zero attached hydrogens (tertiary/aromatic N) is 2. The first-order chi connectivity index (χ1) is 8.04. The molecule has 0 aromatic carbocycles. The molecular formula is C10H15N3O3S. The smallest absolute Gasteiger partial charge is 0.311 e. The zero-order chi connectivity index (χ0) is 12.8. The highest BCUT2D eigenvalue weighted by molar-refractivity contribution is 7.84. The number of nitro groups is 1. The molecule has 1 rings (SSSR count). The minimum atomic E-state index is -0.882. The van der Waals surface area contributed by atoms with Crippen LogP contribution in [0.2, 0.25) is 0 Å². The predicted molar refractivity (Wildman–Crippen MR) is 67.7 cm³/mol. The van der Waals surface area contributed by atoms with Crippen LogP contribution in [-0.2, 0) is 10.8 Å². The largest absolute Gasteiger partial charge is 0.363 e. The van der Waals surface area contributed by atoms with Gasteiger partial charge in [-0.1, -0.05) is 6.92 Å². The normalized spacial score (nSPS) is 12.1. The van der Waals surface area contributed by atoms with E-state index in [1.807, 2.05) is 6.92 Å². The van der Waals surface area contributed by atoms with Gasteiger partial charge in [0.25, 0.3) is 0 Å². The molecule has 7 heteroatoms. The molecule has 0 saturated carbocycles. The Morgan fingerprint density at radius 3 is 2.88 bits per heavy atom. The van der Waals surface area contributed by atoms with E-state index in [0.717, 1.165) is 5.56 Å². The number of hydrogen-bond donors (Lipinski definition) is 1. The van der Waals surface area contributed by atoms with E-state index in [1.54, 1.807) is 13.1 Å². The molecule has 0 amide bonds. The zero-order valence-corrected chi connectivity index (χ0v) is 10.6. The van der Waals surface area contributed by atoms with E-state index in [2.05, 4.69) is 10.3 Å². The summed E-state index contributed by atoms with van der Waals surface area (Å²) in [6.07, 6.45) is 1.56. The van der Waals surface area contributed by atoms with Gasteiger partial charge in [0.05, 0.1) is 4.92 Å². The number of hydrogen-bond acceptors (Lipinski definition) is 5. The molecule has 1 heterocycles. The maximum Gasteiger partial charge on any atom is 0.311 e. The van der Waals surface area contributed by atoms with Crippen LogP contribution in [0.4, 0.5) is 11.5 Å². The number of aryl methyl sites for hydroxylation is 1. The summed E-state index contributed by atoms with van der Waals surface area (Å²) >= 11 is 0. The SMILES string of the molecule is CCS(=O)CCNc1ncc(C)cc1[N+](=O)[O-]. The Hall–Kier alpha value is -1.50. The van der Waals surface area contributed by atoms with Gasteiger partial charge in [-0.05, 0) is 12.5 Å². The van der Waals surface area contributed by atoms with Crippen molar-refractivity contribution in [1.82, 2.24) is 4.98 Å². The monoisotopic (exact) mass is 257 g/mol. The van der Waals surface area contributed by atoms with Gasteiger partial charge in [0, 0.05) is 41.1 Å². The van der Waals surface area contributed by atoms with Crippen LogP contribution in [0, 0.1) is 17.0 Å². The molecule has 0 bridgehead atoms. The highest BCUT2D eigenvalue weighted by Gasteiger charge is 2.14. The third-order valence-corrected chi connectivity index (χ3v) is 3.45. The molecule has 0 fully saturated rings. The van der Waals surface area contributed by atoms with Crippen LogP contribution < -0.4 is 5.32 Å². The highest BCUT2D eigenvalue weighted by Crippen LogP contribution is 2.21. The molecule has 0 radical (unpaired) electrons. The third kappa shape index (κ3) is 4.10. The average molecular weight is 257 g/mol. The van der Waals surface area contributed by atoms with Gasteiger partial charge in [-0.15, -0.1) is 0 Å². The topological polar surface area (TPSA) is 85.1 Å². The molecule has 0 aliphatic carbocycles. The van der Waals surface area contributed by atoms with Crippen molar-refractivity contribution in [3.63, 3.8) is 0 Å². The third-order valence-electron chi connectivity index (χ3n) is 2.15. The van der Waals surface area contributed by atoms with E-state index in [1.165, 1.54) is 6.07 Å². The highest BCUT2D eigenvalue weighted by atomic mass is 32.2. The van der Waals surface area contributed by atoms with Crippen molar-refractivity contribution in [2.45, 2.75) is 13.8 Å². The fourth-order valence-corrected chi connectivity index (χ4v) is 1.88. The molecule has 6 nitrogen and oxygen atoms in total.